The minimum Gasteiger partial charge on any atom is -0.481 e. The second-order valence-electron chi connectivity index (χ2n) is 5.45. The van der Waals surface area contributed by atoms with Gasteiger partial charge in [-0.25, -0.2) is 14.4 Å². The van der Waals surface area contributed by atoms with Crippen molar-refractivity contribution in [3.8, 4) is 0 Å². The highest BCUT2D eigenvalue weighted by molar-refractivity contribution is 5.87. The molecule has 2 atom stereocenters. The number of rotatable bonds is 13. The van der Waals surface area contributed by atoms with Gasteiger partial charge in [-0.3, -0.25) is 9.59 Å². The molecule has 11 nitrogen and oxygen atoms in total. The van der Waals surface area contributed by atoms with Crippen LogP contribution in [0.3, 0.4) is 0 Å². The zero-order valence-corrected chi connectivity index (χ0v) is 14.4. The van der Waals surface area contributed by atoms with Crippen LogP contribution in [0.5, 0.6) is 0 Å². The monoisotopic (exact) mass is 376 g/mol. The molecular formula is C15H24N2O9. The summed E-state index contributed by atoms with van der Waals surface area (Å²) in [5.41, 5.74) is 0. The van der Waals surface area contributed by atoms with Crippen molar-refractivity contribution in [2.24, 2.45) is 0 Å². The summed E-state index contributed by atoms with van der Waals surface area (Å²) in [4.78, 5) is 56.1. The second kappa shape index (κ2) is 12.5. The van der Waals surface area contributed by atoms with Crippen LogP contribution in [0.4, 0.5) is 4.79 Å². The van der Waals surface area contributed by atoms with E-state index >= 15 is 0 Å². The zero-order valence-electron chi connectivity index (χ0n) is 14.4. The van der Waals surface area contributed by atoms with Gasteiger partial charge < -0.3 is 30.7 Å². The number of unbranched alkanes of at least 4 members (excludes halogenated alkanes) is 1. The van der Waals surface area contributed by atoms with Gasteiger partial charge in [0.15, 0.2) is 0 Å². The lowest BCUT2D eigenvalue weighted by molar-refractivity contribution is -0.146. The number of carbonyl (C=O) groups excluding carboxylic acids is 2. The molecule has 0 aromatic carbocycles. The van der Waals surface area contributed by atoms with Gasteiger partial charge in [-0.2, -0.15) is 0 Å². The molecule has 0 bridgehead atoms. The minimum absolute atomic E-state index is 0.110. The third-order valence-electron chi connectivity index (χ3n) is 3.23. The van der Waals surface area contributed by atoms with Crippen molar-refractivity contribution in [3.63, 3.8) is 0 Å². The number of urea groups is 1. The number of hydrogen-bond acceptors (Lipinski definition) is 6. The molecule has 0 aromatic rings. The van der Waals surface area contributed by atoms with Crippen LogP contribution in [0.25, 0.3) is 0 Å². The molecule has 0 aliphatic carbocycles. The van der Waals surface area contributed by atoms with E-state index in [1.165, 1.54) is 0 Å². The Morgan fingerprint density at radius 3 is 1.85 bits per heavy atom. The molecule has 0 heterocycles. The maximum Gasteiger partial charge on any atom is 0.328 e. The lowest BCUT2D eigenvalue weighted by Crippen LogP contribution is -2.51. The number of carbonyl (C=O) groups is 5. The Bertz CT molecular complexity index is 521. The van der Waals surface area contributed by atoms with Gasteiger partial charge in [-0.05, 0) is 19.3 Å². The summed E-state index contributed by atoms with van der Waals surface area (Å²) in [6.07, 6.45) is -0.0991. The third-order valence-corrected chi connectivity index (χ3v) is 3.23. The van der Waals surface area contributed by atoms with E-state index in [9.17, 15) is 24.0 Å². The average molecular weight is 376 g/mol. The van der Waals surface area contributed by atoms with Crippen LogP contribution in [0.2, 0.25) is 0 Å². The number of carboxylic acids is 3. The summed E-state index contributed by atoms with van der Waals surface area (Å²) < 4.78 is 4.94. The van der Waals surface area contributed by atoms with Gasteiger partial charge in [0, 0.05) is 12.8 Å². The minimum atomic E-state index is -1.47. The Morgan fingerprint density at radius 2 is 1.38 bits per heavy atom. The van der Waals surface area contributed by atoms with Crippen molar-refractivity contribution in [3.05, 3.63) is 0 Å². The molecule has 0 aliphatic heterocycles. The third kappa shape index (κ3) is 10.8. The van der Waals surface area contributed by atoms with Crippen molar-refractivity contribution >= 4 is 29.9 Å². The number of aliphatic carboxylic acids is 3. The Labute approximate surface area is 149 Å². The summed E-state index contributed by atoms with van der Waals surface area (Å²) in [5, 5.41) is 30.5. The van der Waals surface area contributed by atoms with Gasteiger partial charge in [0.25, 0.3) is 0 Å². The topological polar surface area (TPSA) is 179 Å². The first-order valence-electron chi connectivity index (χ1n) is 8.07. The second-order valence-corrected chi connectivity index (χ2v) is 5.45. The first-order valence-corrected chi connectivity index (χ1v) is 8.07. The average Bonchev–Trinajstić information content (AvgIpc) is 2.54. The molecule has 148 valence electrons. The van der Waals surface area contributed by atoms with E-state index in [-0.39, 0.29) is 19.4 Å². The van der Waals surface area contributed by atoms with E-state index in [4.69, 9.17) is 20.1 Å². The first-order chi connectivity index (χ1) is 12.2. The SMILES string of the molecule is CCCCOC(=O)[C@H](CCC(=O)O)NC(=O)N[C@@H](CCC(=O)O)C(=O)O. The maximum absolute atomic E-state index is 11.9. The van der Waals surface area contributed by atoms with E-state index in [2.05, 4.69) is 5.32 Å². The van der Waals surface area contributed by atoms with Crippen molar-refractivity contribution in [2.75, 3.05) is 6.61 Å². The number of carboxylic acid groups (broad SMARTS) is 3. The van der Waals surface area contributed by atoms with Crippen LogP contribution in [-0.2, 0) is 23.9 Å². The van der Waals surface area contributed by atoms with Gasteiger partial charge in [-0.15, -0.1) is 0 Å². The van der Waals surface area contributed by atoms with Crippen molar-refractivity contribution in [2.45, 2.75) is 57.5 Å². The largest absolute Gasteiger partial charge is 0.481 e. The summed E-state index contributed by atoms with van der Waals surface area (Å²) >= 11 is 0. The van der Waals surface area contributed by atoms with Crippen LogP contribution < -0.4 is 10.6 Å². The van der Waals surface area contributed by atoms with Crippen LogP contribution in [0, 0.1) is 0 Å². The predicted molar refractivity (Wildman–Crippen MR) is 86.5 cm³/mol. The first kappa shape index (κ1) is 23.1. The van der Waals surface area contributed by atoms with Crippen molar-refractivity contribution < 1.29 is 44.0 Å². The van der Waals surface area contributed by atoms with Crippen molar-refractivity contribution in [1.82, 2.24) is 10.6 Å². The Morgan fingerprint density at radius 1 is 0.885 bits per heavy atom. The molecule has 2 amide bonds. The molecule has 11 heteroatoms. The summed E-state index contributed by atoms with van der Waals surface area (Å²) in [6, 6.07) is -3.77. The maximum atomic E-state index is 11.9. The molecule has 0 aliphatic rings. The molecule has 0 saturated heterocycles. The number of nitrogens with one attached hydrogen (secondary N) is 2. The molecule has 0 fully saturated rings. The number of amides is 2. The van der Waals surface area contributed by atoms with E-state index in [0.717, 1.165) is 6.42 Å². The molecule has 0 rings (SSSR count). The standard InChI is InChI=1S/C15H24N2O9/c1-2-3-8-26-14(24)10(5-7-12(20)21)17-15(25)16-9(13(22)23)4-6-11(18)19/h9-10H,2-8H2,1H3,(H,18,19)(H,20,21)(H,22,23)(H2,16,17,25)/t9-,10-/m0/s1. The van der Waals surface area contributed by atoms with Gasteiger partial charge in [0.1, 0.15) is 12.1 Å². The number of hydrogen-bond donors (Lipinski definition) is 5. The van der Waals surface area contributed by atoms with E-state index in [0.29, 0.717) is 6.42 Å². The molecule has 0 radical (unpaired) electrons. The normalized spacial score (nSPS) is 12.5. The number of ether oxygens (including phenoxy) is 1. The van der Waals surface area contributed by atoms with Crippen LogP contribution >= 0.6 is 0 Å². The van der Waals surface area contributed by atoms with Gasteiger partial charge in [-0.1, -0.05) is 13.3 Å². The number of esters is 1. The zero-order chi connectivity index (χ0) is 20.1. The highest BCUT2D eigenvalue weighted by Gasteiger charge is 2.26. The highest BCUT2D eigenvalue weighted by atomic mass is 16.5. The lowest BCUT2D eigenvalue weighted by atomic mass is 10.1. The molecule has 5 N–H and O–H groups in total. The lowest BCUT2D eigenvalue weighted by Gasteiger charge is -2.19. The fourth-order valence-electron chi connectivity index (χ4n) is 1.82. The van der Waals surface area contributed by atoms with Crippen LogP contribution in [-0.4, -0.2) is 63.9 Å². The summed E-state index contributed by atoms with van der Waals surface area (Å²) in [7, 11) is 0. The van der Waals surface area contributed by atoms with Gasteiger partial charge in [0.2, 0.25) is 0 Å². The van der Waals surface area contributed by atoms with Gasteiger partial charge >= 0.3 is 29.9 Å². The van der Waals surface area contributed by atoms with E-state index in [1.54, 1.807) is 0 Å². The van der Waals surface area contributed by atoms with E-state index < -0.39 is 54.8 Å². The Hall–Kier alpha value is -2.85. The van der Waals surface area contributed by atoms with Crippen molar-refractivity contribution in [1.29, 1.82) is 0 Å². The van der Waals surface area contributed by atoms with Gasteiger partial charge in [0.05, 0.1) is 6.61 Å². The highest BCUT2D eigenvalue weighted by Crippen LogP contribution is 2.03. The fourth-order valence-corrected chi connectivity index (χ4v) is 1.82. The van der Waals surface area contributed by atoms with Crippen LogP contribution in [0.15, 0.2) is 0 Å². The fraction of sp³-hybridized carbons (Fsp3) is 0.667. The van der Waals surface area contributed by atoms with Crippen LogP contribution in [0.1, 0.15) is 45.4 Å². The molecule has 0 spiro atoms. The Balaban J connectivity index is 4.79. The smallest absolute Gasteiger partial charge is 0.328 e. The molecule has 0 aromatic heterocycles. The molecular weight excluding hydrogens is 352 g/mol. The summed E-state index contributed by atoms with van der Waals surface area (Å²) in [6.45, 7) is 1.99. The predicted octanol–water partition coefficient (Wildman–Crippen LogP) is 0.180. The quantitative estimate of drug-likeness (QED) is 0.221. The summed E-state index contributed by atoms with van der Waals surface area (Å²) in [5.74, 6) is -4.66. The van der Waals surface area contributed by atoms with E-state index in [1.807, 2.05) is 12.2 Å². The Kier molecular flexibility index (Phi) is 11.1. The molecule has 26 heavy (non-hydrogen) atoms. The molecule has 0 unspecified atom stereocenters. The molecule has 0 saturated carbocycles.